The summed E-state index contributed by atoms with van der Waals surface area (Å²) in [5, 5.41) is 8.26. The zero-order chi connectivity index (χ0) is 11.0. The Morgan fingerprint density at radius 3 is 2.47 bits per heavy atom. The van der Waals surface area contributed by atoms with Crippen LogP contribution in [0, 0.1) is 0 Å². The number of ether oxygens (including phenoxy) is 2. The normalized spacial score (nSPS) is 11.1. The summed E-state index contributed by atoms with van der Waals surface area (Å²) < 4.78 is 9.17. The Morgan fingerprint density at radius 1 is 1.40 bits per heavy atom. The maximum atomic E-state index is 11.0. The molecule has 0 bridgehead atoms. The summed E-state index contributed by atoms with van der Waals surface area (Å²) in [5.41, 5.74) is 0. The number of carbonyl (C=O) groups is 2. The average molecular weight is 231 g/mol. The van der Waals surface area contributed by atoms with Gasteiger partial charge in [-0.1, -0.05) is 6.92 Å². The smallest absolute Gasteiger partial charge is 1.00 e. The van der Waals surface area contributed by atoms with E-state index >= 15 is 0 Å². The van der Waals surface area contributed by atoms with Crippen LogP contribution < -0.4 is 0 Å². The molecule has 1 atom stereocenters. The molecule has 0 saturated heterocycles. The molecule has 0 aromatic rings. The van der Waals surface area contributed by atoms with Crippen molar-refractivity contribution in [2.75, 3.05) is 6.79 Å². The van der Waals surface area contributed by atoms with Gasteiger partial charge in [-0.15, -0.1) is 0 Å². The van der Waals surface area contributed by atoms with Crippen molar-refractivity contribution in [2.45, 2.75) is 39.2 Å². The Morgan fingerprint density at radius 2 is 2.00 bits per heavy atom. The van der Waals surface area contributed by atoms with Gasteiger partial charge in [0.1, 0.15) is 6.10 Å². The van der Waals surface area contributed by atoms with Crippen LogP contribution >= 0.6 is 0 Å². The minimum absolute atomic E-state index is 0. The molecule has 0 aromatic heterocycles. The molecule has 15 heavy (non-hydrogen) atoms. The van der Waals surface area contributed by atoms with Crippen molar-refractivity contribution in [3.05, 3.63) is 0 Å². The van der Waals surface area contributed by atoms with Gasteiger partial charge in [0, 0.05) is 6.42 Å². The van der Waals surface area contributed by atoms with Crippen LogP contribution in [0.15, 0.2) is 0 Å². The first-order valence-corrected chi connectivity index (χ1v) is 4.56. The predicted molar refractivity (Wildman–Crippen MR) is 56.2 cm³/mol. The Hall–Kier alpha value is -0.334. The number of aliphatic hydroxyl groups excluding tert-OH is 1. The minimum atomic E-state index is -0.644. The Labute approximate surface area is 108 Å². The van der Waals surface area contributed by atoms with E-state index in [9.17, 15) is 9.59 Å². The van der Waals surface area contributed by atoms with E-state index in [2.05, 4.69) is 4.74 Å². The topological polar surface area (TPSA) is 72.8 Å². The van der Waals surface area contributed by atoms with Gasteiger partial charge in [-0.25, -0.2) is 0 Å². The molecule has 0 radical (unpaired) electrons. The molecule has 6 heteroatoms. The first-order chi connectivity index (χ1) is 6.60. The summed E-state index contributed by atoms with van der Waals surface area (Å²) in [7, 11) is 0. The zero-order valence-electron chi connectivity index (χ0n) is 11.2. The largest absolute Gasteiger partial charge is 2.00 e. The molecular weight excluding hydrogens is 212 g/mol. The maximum absolute atomic E-state index is 11.0. The van der Waals surface area contributed by atoms with Crippen LogP contribution in [-0.4, -0.2) is 53.0 Å². The number of rotatable bonds is 6. The van der Waals surface area contributed by atoms with Crippen LogP contribution in [-0.2, 0) is 19.1 Å². The van der Waals surface area contributed by atoms with E-state index in [-0.39, 0.29) is 38.3 Å². The molecular formula is C9H18MgO5. The van der Waals surface area contributed by atoms with Gasteiger partial charge >= 0.3 is 35.0 Å². The monoisotopic (exact) mass is 230 g/mol. The molecule has 0 rings (SSSR count). The van der Waals surface area contributed by atoms with E-state index in [1.807, 2.05) is 6.92 Å². The van der Waals surface area contributed by atoms with Crippen molar-refractivity contribution < 1.29 is 27.0 Å². The molecule has 0 aliphatic rings. The Bertz CT molecular complexity index is 184. The van der Waals surface area contributed by atoms with Gasteiger partial charge in [0.2, 0.25) is 0 Å². The second-order valence-corrected chi connectivity index (χ2v) is 2.90. The van der Waals surface area contributed by atoms with Gasteiger partial charge in [-0.2, -0.15) is 0 Å². The second-order valence-electron chi connectivity index (χ2n) is 2.90. The number of hydrogen-bond acceptors (Lipinski definition) is 5. The number of aliphatic hydroxyl groups is 1. The van der Waals surface area contributed by atoms with E-state index in [4.69, 9.17) is 9.84 Å². The van der Waals surface area contributed by atoms with Crippen molar-refractivity contribution in [2.24, 2.45) is 0 Å². The van der Waals surface area contributed by atoms with Gasteiger partial charge in [-0.05, 0) is 13.3 Å². The summed E-state index contributed by atoms with van der Waals surface area (Å²) >= 11 is 0. The fraction of sp³-hybridized carbons (Fsp3) is 0.778. The molecule has 0 heterocycles. The maximum Gasteiger partial charge on any atom is 2.00 e. The van der Waals surface area contributed by atoms with Crippen molar-refractivity contribution >= 4 is 35.0 Å². The van der Waals surface area contributed by atoms with E-state index in [0.29, 0.717) is 12.8 Å². The van der Waals surface area contributed by atoms with Crippen molar-refractivity contribution in [1.29, 1.82) is 0 Å². The molecule has 0 aliphatic carbocycles. The molecule has 1 N–H and O–H groups in total. The van der Waals surface area contributed by atoms with Crippen molar-refractivity contribution in [3.63, 3.8) is 0 Å². The van der Waals surface area contributed by atoms with Crippen LogP contribution in [0.25, 0.3) is 0 Å². The molecule has 0 amide bonds. The summed E-state index contributed by atoms with van der Waals surface area (Å²) in [6, 6.07) is 0. The predicted octanol–water partition coefficient (Wildman–Crippen LogP) is 0.446. The van der Waals surface area contributed by atoms with Crippen LogP contribution in [0.4, 0.5) is 0 Å². The van der Waals surface area contributed by atoms with E-state index < -0.39 is 18.9 Å². The fourth-order valence-electron chi connectivity index (χ4n) is 0.895. The Balaban J connectivity index is -0.000000282. The summed E-state index contributed by atoms with van der Waals surface area (Å²) in [6.07, 6.45) is 0.523. The fourth-order valence-corrected chi connectivity index (χ4v) is 0.895. The molecule has 0 fully saturated rings. The molecule has 1 unspecified atom stereocenters. The van der Waals surface area contributed by atoms with Crippen LogP contribution in [0.5, 0.6) is 0 Å². The van der Waals surface area contributed by atoms with Gasteiger partial charge in [0.05, 0.1) is 6.42 Å². The van der Waals surface area contributed by atoms with Crippen LogP contribution in [0.3, 0.4) is 0 Å². The third-order valence-corrected chi connectivity index (χ3v) is 1.47. The molecule has 0 aliphatic heterocycles. The number of hydrogen-bond donors (Lipinski definition) is 1. The van der Waals surface area contributed by atoms with E-state index in [0.717, 1.165) is 0 Å². The standard InChI is InChI=1S/C9H16O5.Mg.2H/c1-3-4-8(11)14-7(2)5-9(12)13-6-10;;;/h7,10H,3-6H2,1-2H3;;;/q;+2;2*-1. The second kappa shape index (κ2) is 10.2. The van der Waals surface area contributed by atoms with E-state index in [1.165, 1.54) is 0 Å². The summed E-state index contributed by atoms with van der Waals surface area (Å²) in [5.74, 6) is -0.902. The zero-order valence-corrected chi connectivity index (χ0v) is 10.6. The SMILES string of the molecule is CCCC(=O)OC(C)CC(=O)OCO.[H-].[H-].[Mg+2]. The van der Waals surface area contributed by atoms with Gasteiger partial charge in [-0.3, -0.25) is 9.59 Å². The molecule has 5 nitrogen and oxygen atoms in total. The van der Waals surface area contributed by atoms with Gasteiger partial charge < -0.3 is 17.4 Å². The average Bonchev–Trinajstić information content (AvgIpc) is 2.03. The van der Waals surface area contributed by atoms with Gasteiger partial charge in [0.25, 0.3) is 0 Å². The van der Waals surface area contributed by atoms with Crippen molar-refractivity contribution in [1.82, 2.24) is 0 Å². The summed E-state index contributed by atoms with van der Waals surface area (Å²) in [6.45, 7) is 2.83. The van der Waals surface area contributed by atoms with Crippen LogP contribution in [0.1, 0.15) is 36.0 Å². The summed E-state index contributed by atoms with van der Waals surface area (Å²) in [4.78, 5) is 21.8. The first kappa shape index (κ1) is 17.1. The quantitative estimate of drug-likeness (QED) is 0.407. The third kappa shape index (κ3) is 9.96. The molecule has 86 valence electrons. The molecule has 0 aromatic carbocycles. The van der Waals surface area contributed by atoms with Crippen LogP contribution in [0.2, 0.25) is 0 Å². The number of carbonyl (C=O) groups excluding carboxylic acids is 2. The molecule has 0 saturated carbocycles. The van der Waals surface area contributed by atoms with E-state index in [1.54, 1.807) is 6.92 Å². The third-order valence-electron chi connectivity index (χ3n) is 1.47. The Kier molecular flexibility index (Phi) is 11.6. The molecule has 0 spiro atoms. The number of esters is 2. The van der Waals surface area contributed by atoms with Gasteiger partial charge in [0.15, 0.2) is 6.79 Å². The van der Waals surface area contributed by atoms with Crippen molar-refractivity contribution in [3.8, 4) is 0 Å². The first-order valence-electron chi connectivity index (χ1n) is 4.56. The minimum Gasteiger partial charge on any atom is -1.00 e.